The number of methoxy groups -OCH3 is 1. The summed E-state index contributed by atoms with van der Waals surface area (Å²) < 4.78 is 16.4. The maximum atomic E-state index is 5.70. The number of hydrogen-bond donors (Lipinski definition) is 1. The van der Waals surface area contributed by atoms with Gasteiger partial charge in [-0.2, -0.15) is 0 Å². The molecule has 1 atom stereocenters. The van der Waals surface area contributed by atoms with Crippen molar-refractivity contribution < 1.29 is 14.2 Å². The Balaban J connectivity index is 2.67. The van der Waals surface area contributed by atoms with Crippen molar-refractivity contribution in [2.75, 3.05) is 34.0 Å². The van der Waals surface area contributed by atoms with E-state index in [4.69, 9.17) is 14.2 Å². The molecule has 0 saturated heterocycles. The maximum absolute atomic E-state index is 5.70. The molecule has 0 spiro atoms. The highest BCUT2D eigenvalue weighted by molar-refractivity contribution is 5.38. The molecule has 0 aliphatic heterocycles. The van der Waals surface area contributed by atoms with Crippen molar-refractivity contribution in [1.82, 2.24) is 5.32 Å². The first-order chi connectivity index (χ1) is 9.72. The number of nitrogens with one attached hydrogen (secondary N) is 1. The molecule has 4 nitrogen and oxygen atoms in total. The highest BCUT2D eigenvalue weighted by Gasteiger charge is 2.09. The monoisotopic (exact) mass is 281 g/mol. The van der Waals surface area contributed by atoms with Crippen LogP contribution in [-0.2, 0) is 16.1 Å². The second kappa shape index (κ2) is 9.75. The Bertz CT molecular complexity index is 382. The Morgan fingerprint density at radius 2 is 2.05 bits per heavy atom. The molecule has 1 aromatic rings. The second-order valence-electron chi connectivity index (χ2n) is 4.71. The molecule has 20 heavy (non-hydrogen) atoms. The standard InChI is InChI=1S/C16H27NO3/c1-5-20-16-8-7-14(13(2)17-3)11-15(16)12-19-10-6-9-18-4/h7-8,11,13,17H,5-6,9-10,12H2,1-4H3. The van der Waals surface area contributed by atoms with Gasteiger partial charge < -0.3 is 19.5 Å². The topological polar surface area (TPSA) is 39.7 Å². The normalized spacial score (nSPS) is 12.4. The summed E-state index contributed by atoms with van der Waals surface area (Å²) in [6.07, 6.45) is 0.910. The molecular formula is C16H27NO3. The van der Waals surface area contributed by atoms with Gasteiger partial charge in [-0.05, 0) is 45.0 Å². The zero-order valence-electron chi connectivity index (χ0n) is 13.1. The summed E-state index contributed by atoms with van der Waals surface area (Å²) in [6, 6.07) is 6.60. The highest BCUT2D eigenvalue weighted by Crippen LogP contribution is 2.24. The number of hydrogen-bond acceptors (Lipinski definition) is 4. The van der Waals surface area contributed by atoms with Crippen molar-refractivity contribution in [3.8, 4) is 5.75 Å². The molecule has 0 radical (unpaired) electrons. The Morgan fingerprint density at radius 1 is 1.25 bits per heavy atom. The molecule has 114 valence electrons. The van der Waals surface area contributed by atoms with Gasteiger partial charge in [0.15, 0.2) is 0 Å². The molecule has 0 bridgehead atoms. The molecule has 1 aromatic carbocycles. The van der Waals surface area contributed by atoms with E-state index >= 15 is 0 Å². The summed E-state index contributed by atoms with van der Waals surface area (Å²) in [5, 5.41) is 3.25. The quantitative estimate of drug-likeness (QED) is 0.669. The molecule has 0 heterocycles. The molecule has 0 aliphatic carbocycles. The van der Waals surface area contributed by atoms with Gasteiger partial charge in [0.05, 0.1) is 13.2 Å². The Hall–Kier alpha value is -1.10. The van der Waals surface area contributed by atoms with Crippen LogP contribution in [0.2, 0.25) is 0 Å². The van der Waals surface area contributed by atoms with Gasteiger partial charge in [-0.3, -0.25) is 0 Å². The molecule has 1 unspecified atom stereocenters. The molecule has 0 amide bonds. The SMILES string of the molecule is CCOc1ccc(C(C)NC)cc1COCCCOC. The van der Waals surface area contributed by atoms with Crippen LogP contribution in [-0.4, -0.2) is 34.0 Å². The van der Waals surface area contributed by atoms with Crippen LogP contribution in [0.1, 0.15) is 37.4 Å². The predicted molar refractivity (Wildman–Crippen MR) is 81.2 cm³/mol. The highest BCUT2D eigenvalue weighted by atomic mass is 16.5. The second-order valence-corrected chi connectivity index (χ2v) is 4.71. The van der Waals surface area contributed by atoms with Gasteiger partial charge in [0.2, 0.25) is 0 Å². The van der Waals surface area contributed by atoms with Gasteiger partial charge in [0, 0.05) is 31.9 Å². The summed E-state index contributed by atoms with van der Waals surface area (Å²) in [5.41, 5.74) is 2.34. The molecule has 1 N–H and O–H groups in total. The lowest BCUT2D eigenvalue weighted by Gasteiger charge is -2.16. The third-order valence-electron chi connectivity index (χ3n) is 3.21. The van der Waals surface area contributed by atoms with E-state index in [-0.39, 0.29) is 0 Å². The van der Waals surface area contributed by atoms with Crippen molar-refractivity contribution in [3.63, 3.8) is 0 Å². The average molecular weight is 281 g/mol. The third kappa shape index (κ3) is 5.49. The van der Waals surface area contributed by atoms with Gasteiger partial charge in [0.1, 0.15) is 5.75 Å². The van der Waals surface area contributed by atoms with Crippen LogP contribution < -0.4 is 10.1 Å². The average Bonchev–Trinajstić information content (AvgIpc) is 2.48. The zero-order chi connectivity index (χ0) is 14.8. The number of rotatable bonds is 10. The van der Waals surface area contributed by atoms with Gasteiger partial charge in [-0.15, -0.1) is 0 Å². The fraction of sp³-hybridized carbons (Fsp3) is 0.625. The van der Waals surface area contributed by atoms with E-state index < -0.39 is 0 Å². The molecular weight excluding hydrogens is 254 g/mol. The third-order valence-corrected chi connectivity index (χ3v) is 3.21. The molecule has 0 aliphatic rings. The van der Waals surface area contributed by atoms with Crippen molar-refractivity contribution in [2.24, 2.45) is 0 Å². The van der Waals surface area contributed by atoms with E-state index in [1.165, 1.54) is 5.56 Å². The van der Waals surface area contributed by atoms with E-state index in [1.54, 1.807) is 7.11 Å². The Morgan fingerprint density at radius 3 is 2.70 bits per heavy atom. The summed E-state index contributed by atoms with van der Waals surface area (Å²) >= 11 is 0. The van der Waals surface area contributed by atoms with E-state index in [9.17, 15) is 0 Å². The van der Waals surface area contributed by atoms with Gasteiger partial charge in [-0.25, -0.2) is 0 Å². The van der Waals surface area contributed by atoms with Crippen LogP contribution >= 0.6 is 0 Å². The van der Waals surface area contributed by atoms with Crippen LogP contribution in [0.15, 0.2) is 18.2 Å². The van der Waals surface area contributed by atoms with Crippen LogP contribution in [0.5, 0.6) is 5.75 Å². The van der Waals surface area contributed by atoms with Gasteiger partial charge >= 0.3 is 0 Å². The van der Waals surface area contributed by atoms with E-state index in [1.807, 2.05) is 20.0 Å². The first-order valence-electron chi connectivity index (χ1n) is 7.22. The fourth-order valence-corrected chi connectivity index (χ4v) is 1.93. The maximum Gasteiger partial charge on any atom is 0.124 e. The first-order valence-corrected chi connectivity index (χ1v) is 7.22. The molecule has 0 saturated carbocycles. The molecule has 0 fully saturated rings. The summed E-state index contributed by atoms with van der Waals surface area (Å²) in [6.45, 7) is 6.80. The first kappa shape index (κ1) is 17.0. The summed E-state index contributed by atoms with van der Waals surface area (Å²) in [7, 11) is 3.66. The van der Waals surface area contributed by atoms with E-state index in [0.29, 0.717) is 25.9 Å². The molecule has 1 rings (SSSR count). The van der Waals surface area contributed by atoms with Gasteiger partial charge in [-0.1, -0.05) is 6.07 Å². The summed E-state index contributed by atoms with van der Waals surface area (Å²) in [4.78, 5) is 0. The number of benzene rings is 1. The summed E-state index contributed by atoms with van der Waals surface area (Å²) in [5.74, 6) is 0.909. The van der Waals surface area contributed by atoms with Crippen LogP contribution in [0.4, 0.5) is 0 Å². The smallest absolute Gasteiger partial charge is 0.124 e. The number of ether oxygens (including phenoxy) is 3. The lowest BCUT2D eigenvalue weighted by atomic mass is 10.0. The van der Waals surface area contributed by atoms with Gasteiger partial charge in [0.25, 0.3) is 0 Å². The van der Waals surface area contributed by atoms with Crippen molar-refractivity contribution >= 4 is 0 Å². The lowest BCUT2D eigenvalue weighted by Crippen LogP contribution is -2.13. The predicted octanol–water partition coefficient (Wildman–Crippen LogP) is 2.92. The van der Waals surface area contributed by atoms with Crippen LogP contribution in [0.3, 0.4) is 0 Å². The minimum Gasteiger partial charge on any atom is -0.494 e. The Labute approximate surface area is 122 Å². The van der Waals surface area contributed by atoms with Crippen molar-refractivity contribution in [1.29, 1.82) is 0 Å². The zero-order valence-corrected chi connectivity index (χ0v) is 13.1. The van der Waals surface area contributed by atoms with E-state index in [0.717, 1.165) is 24.3 Å². The minimum atomic E-state index is 0.318. The van der Waals surface area contributed by atoms with Crippen molar-refractivity contribution in [2.45, 2.75) is 32.9 Å². The minimum absolute atomic E-state index is 0.318. The largest absolute Gasteiger partial charge is 0.494 e. The molecule has 4 heteroatoms. The van der Waals surface area contributed by atoms with Crippen molar-refractivity contribution in [3.05, 3.63) is 29.3 Å². The van der Waals surface area contributed by atoms with E-state index in [2.05, 4.69) is 24.4 Å². The fourth-order valence-electron chi connectivity index (χ4n) is 1.93. The lowest BCUT2D eigenvalue weighted by molar-refractivity contribution is 0.0913. The Kier molecular flexibility index (Phi) is 8.26. The van der Waals surface area contributed by atoms with Crippen LogP contribution in [0, 0.1) is 0 Å². The van der Waals surface area contributed by atoms with Crippen LogP contribution in [0.25, 0.3) is 0 Å². The molecule has 0 aromatic heterocycles.